The average Bonchev–Trinajstić information content (AvgIpc) is 2.78. The number of aliphatic hydroxyl groups is 1. The second-order valence-electron chi connectivity index (χ2n) is 3.48. The van der Waals surface area contributed by atoms with Gasteiger partial charge in [-0.3, -0.25) is 4.79 Å². The van der Waals surface area contributed by atoms with E-state index in [9.17, 15) is 4.79 Å². The Balaban J connectivity index is 2.24. The molecule has 1 unspecified atom stereocenters. The number of rotatable bonds is 7. The lowest BCUT2D eigenvalue weighted by atomic mass is 10.2. The lowest BCUT2D eigenvalue weighted by Crippen LogP contribution is -2.40. The number of methoxy groups -OCH3 is 1. The number of amides is 1. The normalized spacial score (nSPS) is 12.4. The van der Waals surface area contributed by atoms with Crippen molar-refractivity contribution in [1.82, 2.24) is 5.32 Å². The molecule has 4 nitrogen and oxygen atoms in total. The molecule has 0 aliphatic rings. The van der Waals surface area contributed by atoms with Crippen molar-refractivity contribution >= 4 is 17.2 Å². The van der Waals surface area contributed by atoms with E-state index >= 15 is 0 Å². The van der Waals surface area contributed by atoms with Crippen molar-refractivity contribution in [2.24, 2.45) is 0 Å². The van der Waals surface area contributed by atoms with Crippen LogP contribution < -0.4 is 5.32 Å². The molecule has 0 saturated heterocycles. The van der Waals surface area contributed by atoms with E-state index in [4.69, 9.17) is 9.84 Å². The zero-order valence-corrected chi connectivity index (χ0v) is 10.1. The van der Waals surface area contributed by atoms with Crippen LogP contribution in [0.3, 0.4) is 0 Å². The third kappa shape index (κ3) is 4.74. The molecule has 0 radical (unpaired) electrons. The lowest BCUT2D eigenvalue weighted by Gasteiger charge is -2.14. The average molecular weight is 243 g/mol. The first-order valence-electron chi connectivity index (χ1n) is 5.17. The molecule has 2 N–H and O–H groups in total. The highest BCUT2D eigenvalue weighted by molar-refractivity contribution is 7.09. The van der Waals surface area contributed by atoms with Gasteiger partial charge in [0.15, 0.2) is 0 Å². The summed E-state index contributed by atoms with van der Waals surface area (Å²) in [6.07, 6.45) is 1.19. The van der Waals surface area contributed by atoms with Crippen LogP contribution in [0.4, 0.5) is 0 Å². The van der Waals surface area contributed by atoms with Crippen LogP contribution in [0.1, 0.15) is 11.3 Å². The largest absolute Gasteiger partial charge is 0.394 e. The summed E-state index contributed by atoms with van der Waals surface area (Å²) in [4.78, 5) is 12.7. The molecule has 0 saturated carbocycles. The number of hydrogen-bond donors (Lipinski definition) is 2. The van der Waals surface area contributed by atoms with Gasteiger partial charge in [0.05, 0.1) is 19.3 Å². The zero-order valence-electron chi connectivity index (χ0n) is 9.31. The quantitative estimate of drug-likeness (QED) is 0.745. The van der Waals surface area contributed by atoms with Crippen LogP contribution in [0, 0.1) is 0 Å². The Morgan fingerprint density at radius 3 is 3.06 bits per heavy atom. The zero-order chi connectivity index (χ0) is 11.8. The van der Waals surface area contributed by atoms with E-state index in [1.54, 1.807) is 18.4 Å². The number of nitrogens with one attached hydrogen (secondary N) is 1. The van der Waals surface area contributed by atoms with Crippen LogP contribution in [0.15, 0.2) is 17.5 Å². The van der Waals surface area contributed by atoms with Crippen molar-refractivity contribution in [3.63, 3.8) is 0 Å². The molecule has 1 rings (SSSR count). The Kier molecular flexibility index (Phi) is 6.07. The molecule has 0 aromatic carbocycles. The summed E-state index contributed by atoms with van der Waals surface area (Å²) in [5.41, 5.74) is 0. The minimum Gasteiger partial charge on any atom is -0.394 e. The molecule has 0 spiro atoms. The fourth-order valence-corrected chi connectivity index (χ4v) is 2.04. The van der Waals surface area contributed by atoms with Crippen molar-refractivity contribution in [3.05, 3.63) is 22.4 Å². The molecule has 0 bridgehead atoms. The monoisotopic (exact) mass is 243 g/mol. The van der Waals surface area contributed by atoms with Crippen molar-refractivity contribution in [2.45, 2.75) is 18.9 Å². The van der Waals surface area contributed by atoms with Gasteiger partial charge in [-0.1, -0.05) is 6.07 Å². The van der Waals surface area contributed by atoms with Crippen LogP contribution in [-0.2, 0) is 16.0 Å². The molecule has 90 valence electrons. The first-order valence-corrected chi connectivity index (χ1v) is 6.05. The molecule has 0 aliphatic heterocycles. The molecule has 1 amide bonds. The minimum atomic E-state index is -0.305. The van der Waals surface area contributed by atoms with Gasteiger partial charge in [0.25, 0.3) is 0 Å². The van der Waals surface area contributed by atoms with E-state index in [0.717, 1.165) is 6.42 Å². The first-order chi connectivity index (χ1) is 7.76. The van der Waals surface area contributed by atoms with Crippen LogP contribution in [0.2, 0.25) is 0 Å². The van der Waals surface area contributed by atoms with Gasteiger partial charge < -0.3 is 15.2 Å². The van der Waals surface area contributed by atoms with E-state index in [1.165, 1.54) is 4.88 Å². The topological polar surface area (TPSA) is 58.6 Å². The number of thiophene rings is 1. The number of aryl methyl sites for hydroxylation is 1. The van der Waals surface area contributed by atoms with Gasteiger partial charge in [-0.05, 0) is 17.9 Å². The van der Waals surface area contributed by atoms with Crippen molar-refractivity contribution < 1.29 is 14.6 Å². The van der Waals surface area contributed by atoms with E-state index in [2.05, 4.69) is 5.32 Å². The third-order valence-corrected chi connectivity index (χ3v) is 3.07. The number of aliphatic hydroxyl groups excluding tert-OH is 1. The molecule has 1 aromatic heterocycles. The van der Waals surface area contributed by atoms with Crippen molar-refractivity contribution in [2.75, 3.05) is 20.3 Å². The van der Waals surface area contributed by atoms with Gasteiger partial charge in [0, 0.05) is 18.4 Å². The van der Waals surface area contributed by atoms with Crippen LogP contribution in [0.25, 0.3) is 0 Å². The fourth-order valence-electron chi connectivity index (χ4n) is 1.33. The SMILES string of the molecule is COCC(CO)NC(=O)CCc1cccs1. The van der Waals surface area contributed by atoms with Crippen molar-refractivity contribution in [3.8, 4) is 0 Å². The highest BCUT2D eigenvalue weighted by Crippen LogP contribution is 2.10. The van der Waals surface area contributed by atoms with Crippen LogP contribution in [0.5, 0.6) is 0 Å². The van der Waals surface area contributed by atoms with E-state index in [1.807, 2.05) is 17.5 Å². The van der Waals surface area contributed by atoms with Gasteiger partial charge in [0.2, 0.25) is 5.91 Å². The van der Waals surface area contributed by atoms with Gasteiger partial charge >= 0.3 is 0 Å². The number of hydrogen-bond acceptors (Lipinski definition) is 4. The second-order valence-corrected chi connectivity index (χ2v) is 4.51. The van der Waals surface area contributed by atoms with Crippen molar-refractivity contribution in [1.29, 1.82) is 0 Å². The molecule has 16 heavy (non-hydrogen) atoms. The Bertz CT molecular complexity index is 300. The standard InChI is InChI=1S/C11H17NO3S/c1-15-8-9(7-13)12-11(14)5-4-10-3-2-6-16-10/h2-3,6,9,13H,4-5,7-8H2,1H3,(H,12,14). The molecule has 1 atom stereocenters. The highest BCUT2D eigenvalue weighted by atomic mass is 32.1. The lowest BCUT2D eigenvalue weighted by molar-refractivity contribution is -0.122. The Morgan fingerprint density at radius 2 is 2.50 bits per heavy atom. The Hall–Kier alpha value is -0.910. The Morgan fingerprint density at radius 1 is 1.69 bits per heavy atom. The number of carbonyl (C=O) groups is 1. The predicted octanol–water partition coefficient (Wildman–Crippen LogP) is 0.804. The highest BCUT2D eigenvalue weighted by Gasteiger charge is 2.10. The van der Waals surface area contributed by atoms with Gasteiger partial charge in [-0.25, -0.2) is 0 Å². The first kappa shape index (κ1) is 13.2. The van der Waals surface area contributed by atoms with Gasteiger partial charge in [0.1, 0.15) is 0 Å². The van der Waals surface area contributed by atoms with E-state index in [-0.39, 0.29) is 18.6 Å². The second kappa shape index (κ2) is 7.38. The molecule has 0 fully saturated rings. The maximum absolute atomic E-state index is 11.5. The molecule has 0 aliphatic carbocycles. The molecule has 1 heterocycles. The number of carbonyl (C=O) groups excluding carboxylic acids is 1. The summed E-state index contributed by atoms with van der Waals surface area (Å²) in [5.74, 6) is -0.0514. The molecule has 1 aromatic rings. The molecule has 5 heteroatoms. The van der Waals surface area contributed by atoms with E-state index < -0.39 is 0 Å². The summed E-state index contributed by atoms with van der Waals surface area (Å²) < 4.78 is 4.87. The summed E-state index contributed by atoms with van der Waals surface area (Å²) in [7, 11) is 1.54. The fraction of sp³-hybridized carbons (Fsp3) is 0.545. The van der Waals surface area contributed by atoms with Crippen LogP contribution in [-0.4, -0.2) is 37.4 Å². The summed E-state index contributed by atoms with van der Waals surface area (Å²) in [5, 5.41) is 13.7. The molecular weight excluding hydrogens is 226 g/mol. The minimum absolute atomic E-state index is 0.0514. The van der Waals surface area contributed by atoms with E-state index in [0.29, 0.717) is 13.0 Å². The summed E-state index contributed by atoms with van der Waals surface area (Å²) in [6.45, 7) is 0.236. The smallest absolute Gasteiger partial charge is 0.220 e. The summed E-state index contributed by atoms with van der Waals surface area (Å²) >= 11 is 1.65. The maximum Gasteiger partial charge on any atom is 0.220 e. The maximum atomic E-state index is 11.5. The van der Waals surface area contributed by atoms with Gasteiger partial charge in [-0.15, -0.1) is 11.3 Å². The third-order valence-electron chi connectivity index (χ3n) is 2.13. The van der Waals surface area contributed by atoms with Crippen LogP contribution >= 0.6 is 11.3 Å². The number of ether oxygens (including phenoxy) is 1. The van der Waals surface area contributed by atoms with Gasteiger partial charge in [-0.2, -0.15) is 0 Å². The molecular formula is C11H17NO3S. The predicted molar refractivity (Wildman–Crippen MR) is 63.5 cm³/mol. The summed E-state index contributed by atoms with van der Waals surface area (Å²) in [6, 6.07) is 3.68. The Labute approximate surface area is 99.2 Å².